The van der Waals surface area contributed by atoms with Gasteiger partial charge in [-0.3, -0.25) is 0 Å². The van der Waals surface area contributed by atoms with Crippen LogP contribution in [0.25, 0.3) is 22.6 Å². The van der Waals surface area contributed by atoms with E-state index in [-0.39, 0.29) is 6.61 Å². The molecule has 1 aromatic heterocycles. The molecule has 4 nitrogen and oxygen atoms in total. The molecule has 0 saturated carbocycles. The second kappa shape index (κ2) is 11.1. The van der Waals surface area contributed by atoms with Crippen molar-refractivity contribution in [3.8, 4) is 28.3 Å². The average Bonchev–Trinajstić information content (AvgIpc) is 3.24. The van der Waals surface area contributed by atoms with E-state index >= 15 is 0 Å². The topological polar surface area (TPSA) is 44.5 Å². The summed E-state index contributed by atoms with van der Waals surface area (Å²) in [4.78, 5) is 0. The van der Waals surface area contributed by atoms with Crippen LogP contribution >= 0.6 is 34.8 Å². The van der Waals surface area contributed by atoms with Crippen molar-refractivity contribution < 1.29 is 14.0 Å². The molecule has 0 radical (unpaired) electrons. The van der Waals surface area contributed by atoms with Crippen LogP contribution in [0.15, 0.2) is 71.3 Å². The summed E-state index contributed by atoms with van der Waals surface area (Å²) in [6.07, 6.45) is 0.904. The number of ether oxygens (including phenoxy) is 2. The summed E-state index contributed by atoms with van der Waals surface area (Å²) in [6.45, 7) is 3.05. The van der Waals surface area contributed by atoms with Crippen LogP contribution in [0.1, 0.15) is 18.1 Å². The first kappa shape index (κ1) is 23.7. The molecule has 0 amide bonds. The highest BCUT2D eigenvalue weighted by Crippen LogP contribution is 2.36. The molecule has 0 aliphatic carbocycles. The Labute approximate surface area is 208 Å². The smallest absolute Gasteiger partial charge is 0.173 e. The standard InChI is InChI=1S/C26H22Cl3NO3/c1-2-17-8-10-20(22(28)14-17)25-21(26(33-30-25)18-6-4-3-5-7-18)16-31-12-13-32-24-11-9-19(27)15-23(24)29/h3-11,14-15H,2,12-13,16H2,1H3. The Kier molecular flexibility index (Phi) is 7.94. The minimum atomic E-state index is 0.284. The molecule has 170 valence electrons. The summed E-state index contributed by atoms with van der Waals surface area (Å²) in [5.74, 6) is 1.21. The van der Waals surface area contributed by atoms with Crippen molar-refractivity contribution >= 4 is 34.8 Å². The highest BCUT2D eigenvalue weighted by Gasteiger charge is 2.21. The van der Waals surface area contributed by atoms with Gasteiger partial charge in [0.1, 0.15) is 18.1 Å². The Morgan fingerprint density at radius 3 is 2.42 bits per heavy atom. The van der Waals surface area contributed by atoms with E-state index in [0.717, 1.165) is 28.7 Å². The maximum atomic E-state index is 6.58. The predicted octanol–water partition coefficient (Wildman–Crippen LogP) is 8.13. The number of hydrogen-bond acceptors (Lipinski definition) is 4. The minimum absolute atomic E-state index is 0.284. The largest absolute Gasteiger partial charge is 0.490 e. The van der Waals surface area contributed by atoms with Gasteiger partial charge in [-0.15, -0.1) is 0 Å². The fourth-order valence-electron chi connectivity index (χ4n) is 3.42. The predicted molar refractivity (Wildman–Crippen MR) is 133 cm³/mol. The zero-order valence-corrected chi connectivity index (χ0v) is 20.3. The van der Waals surface area contributed by atoms with Gasteiger partial charge in [0.25, 0.3) is 0 Å². The third kappa shape index (κ3) is 5.71. The molecule has 0 saturated heterocycles. The summed E-state index contributed by atoms with van der Waals surface area (Å²) < 4.78 is 17.4. The van der Waals surface area contributed by atoms with Crippen LogP contribution in [-0.2, 0) is 17.8 Å². The van der Waals surface area contributed by atoms with Crippen LogP contribution in [0, 0.1) is 0 Å². The number of halogens is 3. The summed E-state index contributed by atoms with van der Waals surface area (Å²) in [5.41, 5.74) is 4.38. The number of rotatable bonds is 9. The number of benzene rings is 3. The molecule has 0 aliphatic heterocycles. The fraction of sp³-hybridized carbons (Fsp3) is 0.192. The van der Waals surface area contributed by atoms with E-state index in [1.807, 2.05) is 48.5 Å². The maximum absolute atomic E-state index is 6.58. The molecule has 0 aliphatic rings. The van der Waals surface area contributed by atoms with E-state index in [2.05, 4.69) is 12.1 Å². The Morgan fingerprint density at radius 2 is 1.70 bits per heavy atom. The summed E-state index contributed by atoms with van der Waals surface area (Å²) >= 11 is 18.7. The van der Waals surface area contributed by atoms with Gasteiger partial charge in [-0.2, -0.15) is 0 Å². The molecular weight excluding hydrogens is 481 g/mol. The van der Waals surface area contributed by atoms with Gasteiger partial charge < -0.3 is 14.0 Å². The van der Waals surface area contributed by atoms with Crippen LogP contribution < -0.4 is 4.74 Å². The third-order valence-electron chi connectivity index (χ3n) is 5.15. The van der Waals surface area contributed by atoms with Crippen molar-refractivity contribution in [1.29, 1.82) is 0 Å². The fourth-order valence-corrected chi connectivity index (χ4v) is 4.17. The van der Waals surface area contributed by atoms with Crippen molar-refractivity contribution in [2.75, 3.05) is 13.2 Å². The molecule has 1 heterocycles. The number of aromatic nitrogens is 1. The molecule has 3 aromatic carbocycles. The van der Waals surface area contributed by atoms with Crippen LogP contribution in [0.5, 0.6) is 5.75 Å². The molecule has 4 rings (SSSR count). The molecule has 33 heavy (non-hydrogen) atoms. The first-order valence-corrected chi connectivity index (χ1v) is 11.7. The van der Waals surface area contributed by atoms with Crippen LogP contribution in [0.2, 0.25) is 15.1 Å². The van der Waals surface area contributed by atoms with Gasteiger partial charge in [0.05, 0.1) is 28.8 Å². The van der Waals surface area contributed by atoms with Crippen LogP contribution in [0.3, 0.4) is 0 Å². The molecule has 0 spiro atoms. The molecule has 4 aromatic rings. The van der Waals surface area contributed by atoms with Crippen LogP contribution in [0.4, 0.5) is 0 Å². The zero-order valence-electron chi connectivity index (χ0n) is 18.0. The van der Waals surface area contributed by atoms with Gasteiger partial charge in [-0.25, -0.2) is 0 Å². The van der Waals surface area contributed by atoms with E-state index in [1.54, 1.807) is 18.2 Å². The molecule has 7 heteroatoms. The first-order valence-electron chi connectivity index (χ1n) is 10.5. The monoisotopic (exact) mass is 501 g/mol. The van der Waals surface area contributed by atoms with Gasteiger partial charge in [0.15, 0.2) is 5.76 Å². The second-order valence-corrected chi connectivity index (χ2v) is 8.60. The van der Waals surface area contributed by atoms with Gasteiger partial charge in [-0.05, 0) is 36.2 Å². The van der Waals surface area contributed by atoms with E-state index in [9.17, 15) is 0 Å². The average molecular weight is 503 g/mol. The van der Waals surface area contributed by atoms with Crippen molar-refractivity contribution in [2.24, 2.45) is 0 Å². The summed E-state index contributed by atoms with van der Waals surface area (Å²) in [7, 11) is 0. The number of nitrogens with zero attached hydrogens (tertiary/aromatic N) is 1. The Balaban J connectivity index is 1.52. The Bertz CT molecular complexity index is 1220. The molecule has 0 bridgehead atoms. The number of aryl methyl sites for hydroxylation is 1. The van der Waals surface area contributed by atoms with E-state index in [1.165, 1.54) is 0 Å². The van der Waals surface area contributed by atoms with E-state index in [4.69, 9.17) is 48.8 Å². The van der Waals surface area contributed by atoms with Crippen molar-refractivity contribution in [2.45, 2.75) is 20.0 Å². The second-order valence-electron chi connectivity index (χ2n) is 7.35. The lowest BCUT2D eigenvalue weighted by Gasteiger charge is -2.10. The van der Waals surface area contributed by atoms with Crippen molar-refractivity contribution in [3.63, 3.8) is 0 Å². The van der Waals surface area contributed by atoms with Crippen molar-refractivity contribution in [1.82, 2.24) is 5.16 Å². The highest BCUT2D eigenvalue weighted by atomic mass is 35.5. The lowest BCUT2D eigenvalue weighted by atomic mass is 10.0. The number of hydrogen-bond donors (Lipinski definition) is 0. The van der Waals surface area contributed by atoms with E-state index < -0.39 is 0 Å². The van der Waals surface area contributed by atoms with Crippen LogP contribution in [-0.4, -0.2) is 18.4 Å². The molecule has 0 atom stereocenters. The van der Waals surface area contributed by atoms with Crippen molar-refractivity contribution in [3.05, 3.63) is 92.9 Å². The molecule has 0 N–H and O–H groups in total. The summed E-state index contributed by atoms with van der Waals surface area (Å²) in [6, 6.07) is 20.9. The Hall–Kier alpha value is -2.50. The molecular formula is C26H22Cl3NO3. The van der Waals surface area contributed by atoms with Gasteiger partial charge in [0, 0.05) is 16.1 Å². The third-order valence-corrected chi connectivity index (χ3v) is 5.99. The lowest BCUT2D eigenvalue weighted by Crippen LogP contribution is -2.07. The van der Waals surface area contributed by atoms with E-state index in [0.29, 0.717) is 45.5 Å². The highest BCUT2D eigenvalue weighted by molar-refractivity contribution is 6.35. The van der Waals surface area contributed by atoms with Gasteiger partial charge in [0.2, 0.25) is 0 Å². The maximum Gasteiger partial charge on any atom is 0.173 e. The van der Waals surface area contributed by atoms with Gasteiger partial charge in [-0.1, -0.05) is 89.3 Å². The van der Waals surface area contributed by atoms with Gasteiger partial charge >= 0.3 is 0 Å². The normalized spacial score (nSPS) is 11.0. The summed E-state index contributed by atoms with van der Waals surface area (Å²) in [5, 5.41) is 5.99. The Morgan fingerprint density at radius 1 is 0.879 bits per heavy atom. The molecule has 0 unspecified atom stereocenters. The lowest BCUT2D eigenvalue weighted by molar-refractivity contribution is 0.0892. The minimum Gasteiger partial charge on any atom is -0.490 e. The zero-order chi connectivity index (χ0) is 23.2. The SMILES string of the molecule is CCc1ccc(-c2noc(-c3ccccc3)c2COCCOc2ccc(Cl)cc2Cl)c(Cl)c1. The first-order chi connectivity index (χ1) is 16.1. The molecule has 0 fully saturated rings. The quantitative estimate of drug-likeness (QED) is 0.217.